The largest absolute Gasteiger partial charge is 0.352 e. The Morgan fingerprint density at radius 1 is 1.09 bits per heavy atom. The molecule has 6 heteroatoms. The Morgan fingerprint density at radius 2 is 1.76 bits per heavy atom. The van der Waals surface area contributed by atoms with Crippen molar-refractivity contribution in [3.63, 3.8) is 0 Å². The van der Waals surface area contributed by atoms with Crippen molar-refractivity contribution in [1.29, 1.82) is 0 Å². The minimum absolute atomic E-state index is 0.0278. The number of hydrogen-bond donors (Lipinski definition) is 1. The quantitative estimate of drug-likeness (QED) is 0.408. The molecule has 0 radical (unpaired) electrons. The summed E-state index contributed by atoms with van der Waals surface area (Å²) in [4.78, 5) is 28.5. The summed E-state index contributed by atoms with van der Waals surface area (Å²) < 4.78 is 0. The molecule has 2 aromatic carbocycles. The maximum atomic E-state index is 13.5. The molecular weight excluding hydrogens is 464 g/mol. The highest BCUT2D eigenvalue weighted by Crippen LogP contribution is 2.23. The van der Waals surface area contributed by atoms with Crippen LogP contribution in [0.5, 0.6) is 0 Å². The number of aryl methyl sites for hydroxylation is 2. The summed E-state index contributed by atoms with van der Waals surface area (Å²) in [5.74, 6) is 1.01. The Balaban J connectivity index is 1.72. The maximum Gasteiger partial charge on any atom is 0.243 e. The van der Waals surface area contributed by atoms with Gasteiger partial charge in [-0.05, 0) is 50.3 Å². The van der Waals surface area contributed by atoms with Gasteiger partial charge in [-0.2, -0.15) is 0 Å². The molecule has 0 saturated heterocycles. The van der Waals surface area contributed by atoms with Crippen LogP contribution in [-0.2, 0) is 21.9 Å². The molecule has 0 aromatic heterocycles. The highest BCUT2D eigenvalue weighted by atomic mass is 35.5. The van der Waals surface area contributed by atoms with Gasteiger partial charge in [0.05, 0.1) is 5.75 Å². The van der Waals surface area contributed by atoms with Crippen molar-refractivity contribution in [2.45, 2.75) is 83.7 Å². The van der Waals surface area contributed by atoms with Gasteiger partial charge in [0.2, 0.25) is 11.8 Å². The zero-order valence-corrected chi connectivity index (χ0v) is 22.2. The van der Waals surface area contributed by atoms with E-state index in [1.165, 1.54) is 23.1 Å². The van der Waals surface area contributed by atoms with Crippen LogP contribution in [-0.4, -0.2) is 34.6 Å². The molecule has 1 N–H and O–H groups in total. The molecule has 0 aliphatic heterocycles. The minimum atomic E-state index is -0.507. The topological polar surface area (TPSA) is 49.4 Å². The number of nitrogens with zero attached hydrogens (tertiary/aromatic N) is 1. The molecule has 0 bridgehead atoms. The number of carbonyl (C=O) groups excluding carboxylic acids is 2. The van der Waals surface area contributed by atoms with Crippen LogP contribution < -0.4 is 5.32 Å². The van der Waals surface area contributed by atoms with Gasteiger partial charge in [0, 0.05) is 23.4 Å². The molecule has 2 aromatic rings. The molecule has 4 nitrogen and oxygen atoms in total. The van der Waals surface area contributed by atoms with Crippen LogP contribution in [0.25, 0.3) is 0 Å². The molecule has 3 rings (SSSR count). The van der Waals surface area contributed by atoms with Crippen molar-refractivity contribution in [1.82, 2.24) is 10.2 Å². The van der Waals surface area contributed by atoms with Crippen molar-refractivity contribution < 1.29 is 9.59 Å². The third-order valence-electron chi connectivity index (χ3n) is 6.41. The third-order valence-corrected chi connectivity index (χ3v) is 7.77. The second kappa shape index (κ2) is 13.2. The van der Waals surface area contributed by atoms with Gasteiger partial charge in [-0.15, -0.1) is 11.8 Å². The normalized spacial score (nSPS) is 15.1. The molecule has 1 saturated carbocycles. The lowest BCUT2D eigenvalue weighted by Gasteiger charge is -2.33. The number of carbonyl (C=O) groups is 2. The zero-order chi connectivity index (χ0) is 24.5. The maximum absolute atomic E-state index is 13.5. The predicted molar refractivity (Wildman–Crippen MR) is 143 cm³/mol. The van der Waals surface area contributed by atoms with E-state index in [0.29, 0.717) is 23.7 Å². The van der Waals surface area contributed by atoms with Gasteiger partial charge in [-0.1, -0.05) is 85.3 Å². The first-order valence-corrected chi connectivity index (χ1v) is 13.9. The van der Waals surface area contributed by atoms with E-state index in [0.717, 1.165) is 37.0 Å². The third kappa shape index (κ3) is 7.78. The monoisotopic (exact) mass is 500 g/mol. The minimum Gasteiger partial charge on any atom is -0.352 e. The van der Waals surface area contributed by atoms with E-state index >= 15 is 0 Å². The fourth-order valence-electron chi connectivity index (χ4n) is 4.77. The SMILES string of the molecule is CC[C@@H](C(=O)NC1CCCCC1)N(Cc1ccccc1Cl)C(=O)CSCc1cc(C)cc(C)c1. The molecule has 1 aliphatic rings. The Hall–Kier alpha value is -1.98. The Bertz CT molecular complexity index is 954. The summed E-state index contributed by atoms with van der Waals surface area (Å²) in [5.41, 5.74) is 4.54. The van der Waals surface area contributed by atoms with Crippen LogP contribution in [0.4, 0.5) is 0 Å². The highest BCUT2D eigenvalue weighted by molar-refractivity contribution is 7.99. The first-order chi connectivity index (χ1) is 16.4. The number of benzene rings is 2. The Labute approximate surface area is 213 Å². The molecular formula is C28H37ClN2O2S. The molecule has 1 aliphatic carbocycles. The van der Waals surface area contributed by atoms with E-state index in [2.05, 4.69) is 37.4 Å². The van der Waals surface area contributed by atoms with Gasteiger partial charge in [0.15, 0.2) is 0 Å². The summed E-state index contributed by atoms with van der Waals surface area (Å²) in [7, 11) is 0. The second-order valence-electron chi connectivity index (χ2n) is 9.37. The number of hydrogen-bond acceptors (Lipinski definition) is 3. The molecule has 2 amide bonds. The second-order valence-corrected chi connectivity index (χ2v) is 10.8. The van der Waals surface area contributed by atoms with Gasteiger partial charge in [0.1, 0.15) is 6.04 Å². The van der Waals surface area contributed by atoms with Gasteiger partial charge in [0.25, 0.3) is 0 Å². The van der Waals surface area contributed by atoms with Gasteiger partial charge < -0.3 is 10.2 Å². The molecule has 0 spiro atoms. The number of halogens is 1. The lowest BCUT2D eigenvalue weighted by Crippen LogP contribution is -2.52. The summed E-state index contributed by atoms with van der Waals surface area (Å²) in [5, 5.41) is 3.84. The fraction of sp³-hybridized carbons (Fsp3) is 0.500. The van der Waals surface area contributed by atoms with Crippen LogP contribution in [0.15, 0.2) is 42.5 Å². The molecule has 1 fully saturated rings. The molecule has 0 unspecified atom stereocenters. The smallest absolute Gasteiger partial charge is 0.243 e. The number of rotatable bonds is 10. The van der Waals surface area contributed by atoms with E-state index in [4.69, 9.17) is 11.6 Å². The van der Waals surface area contributed by atoms with Crippen LogP contribution in [0.1, 0.15) is 67.7 Å². The number of nitrogens with one attached hydrogen (secondary N) is 1. The first kappa shape index (κ1) is 26.6. The van der Waals surface area contributed by atoms with E-state index < -0.39 is 6.04 Å². The molecule has 0 heterocycles. The predicted octanol–water partition coefficient (Wildman–Crippen LogP) is 6.45. The summed E-state index contributed by atoms with van der Waals surface area (Å²) in [6.45, 7) is 6.49. The van der Waals surface area contributed by atoms with E-state index in [1.54, 1.807) is 16.7 Å². The van der Waals surface area contributed by atoms with Crippen LogP contribution >= 0.6 is 23.4 Å². The van der Waals surface area contributed by atoms with Crippen LogP contribution in [0.3, 0.4) is 0 Å². The Kier molecular flexibility index (Phi) is 10.3. The van der Waals surface area contributed by atoms with Crippen molar-refractivity contribution >= 4 is 35.2 Å². The van der Waals surface area contributed by atoms with Crippen molar-refractivity contribution in [3.05, 3.63) is 69.7 Å². The highest BCUT2D eigenvalue weighted by Gasteiger charge is 2.30. The zero-order valence-electron chi connectivity index (χ0n) is 20.6. The van der Waals surface area contributed by atoms with Gasteiger partial charge in [-0.3, -0.25) is 9.59 Å². The molecule has 184 valence electrons. The average Bonchev–Trinajstić information content (AvgIpc) is 2.80. The molecule has 34 heavy (non-hydrogen) atoms. The fourth-order valence-corrected chi connectivity index (χ4v) is 5.81. The van der Waals surface area contributed by atoms with Crippen LogP contribution in [0, 0.1) is 13.8 Å². The first-order valence-electron chi connectivity index (χ1n) is 12.4. The van der Waals surface area contributed by atoms with Crippen LogP contribution in [0.2, 0.25) is 5.02 Å². The van der Waals surface area contributed by atoms with E-state index in [-0.39, 0.29) is 17.9 Å². The lowest BCUT2D eigenvalue weighted by atomic mass is 9.95. The van der Waals surface area contributed by atoms with E-state index in [9.17, 15) is 9.59 Å². The van der Waals surface area contributed by atoms with Crippen molar-refractivity contribution in [2.75, 3.05) is 5.75 Å². The lowest BCUT2D eigenvalue weighted by molar-refractivity contribution is -0.139. The van der Waals surface area contributed by atoms with Gasteiger partial charge >= 0.3 is 0 Å². The van der Waals surface area contributed by atoms with Crippen molar-refractivity contribution in [3.8, 4) is 0 Å². The summed E-state index contributed by atoms with van der Waals surface area (Å²) in [6.07, 6.45) is 6.14. The average molecular weight is 501 g/mol. The Morgan fingerprint density at radius 3 is 2.41 bits per heavy atom. The van der Waals surface area contributed by atoms with Gasteiger partial charge in [-0.25, -0.2) is 0 Å². The molecule has 1 atom stereocenters. The number of thioether (sulfide) groups is 1. The standard InChI is InChI=1S/C28H37ClN2O2S/c1-4-26(28(33)30-24-11-6-5-7-12-24)31(17-23-10-8-9-13-25(23)29)27(32)19-34-18-22-15-20(2)14-21(3)16-22/h8-10,13-16,24,26H,4-7,11-12,17-19H2,1-3H3,(H,30,33)/t26-/m0/s1. The van der Waals surface area contributed by atoms with Crippen molar-refractivity contribution in [2.24, 2.45) is 0 Å². The summed E-state index contributed by atoms with van der Waals surface area (Å²) in [6, 6.07) is 13.7. The number of amides is 2. The summed E-state index contributed by atoms with van der Waals surface area (Å²) >= 11 is 8.02. The van der Waals surface area contributed by atoms with E-state index in [1.807, 2.05) is 31.2 Å².